The highest BCUT2D eigenvalue weighted by Gasteiger charge is 2.22. The summed E-state index contributed by atoms with van der Waals surface area (Å²) in [5, 5.41) is 0. The van der Waals surface area contributed by atoms with Crippen molar-refractivity contribution in [2.24, 2.45) is 0 Å². The Labute approximate surface area is 105 Å². The molecule has 3 nitrogen and oxygen atoms in total. The lowest BCUT2D eigenvalue weighted by molar-refractivity contribution is 0.410. The van der Waals surface area contributed by atoms with E-state index in [2.05, 4.69) is 0 Å². The normalized spacial score (nSPS) is 11.9. The lowest BCUT2D eigenvalue weighted by Crippen LogP contribution is -2.32. The highest BCUT2D eigenvalue weighted by molar-refractivity contribution is 7.89. The van der Waals surface area contributed by atoms with Crippen molar-refractivity contribution in [1.29, 1.82) is 0 Å². The Morgan fingerprint density at radius 2 is 1.53 bits per heavy atom. The van der Waals surface area contributed by atoms with Crippen molar-refractivity contribution < 1.29 is 8.42 Å². The molecule has 0 aliphatic heterocycles. The molecule has 1 aromatic carbocycles. The van der Waals surface area contributed by atoms with Crippen LogP contribution in [0.4, 0.5) is 0 Å². The second kappa shape index (κ2) is 6.22. The number of nitrogens with zero attached hydrogens (tertiary/aromatic N) is 1. The maximum Gasteiger partial charge on any atom is 0.243 e. The molecule has 1 rings (SSSR count). The number of benzene rings is 1. The summed E-state index contributed by atoms with van der Waals surface area (Å²) in [5.41, 5.74) is 0.571. The average molecular weight is 251 g/mol. The summed E-state index contributed by atoms with van der Waals surface area (Å²) in [5.74, 6) is 0. The third-order valence-corrected chi connectivity index (χ3v) is 4.38. The summed E-state index contributed by atoms with van der Waals surface area (Å²) in [6, 6.07) is 6.35. The standard InChI is InChI=1S/C12H18BNO2S/c1-3-9-14(10-4-2)17(15,16)12-7-5-11(13)6-8-12/h5-8H,3-4,9-10H2,1-2H3. The van der Waals surface area contributed by atoms with E-state index in [-0.39, 0.29) is 0 Å². The minimum absolute atomic E-state index is 0.314. The Hall–Kier alpha value is -0.805. The Kier molecular flexibility index (Phi) is 5.21. The summed E-state index contributed by atoms with van der Waals surface area (Å²) in [7, 11) is 2.19. The molecule has 0 atom stereocenters. The van der Waals surface area contributed by atoms with E-state index in [9.17, 15) is 8.42 Å². The van der Waals surface area contributed by atoms with Gasteiger partial charge in [0, 0.05) is 13.1 Å². The summed E-state index contributed by atoms with van der Waals surface area (Å²) in [6.45, 7) is 5.06. The summed E-state index contributed by atoms with van der Waals surface area (Å²) < 4.78 is 26.1. The summed E-state index contributed by atoms with van der Waals surface area (Å²) in [6.07, 6.45) is 1.63. The Balaban J connectivity index is 3.02. The van der Waals surface area contributed by atoms with Crippen LogP contribution in [0.3, 0.4) is 0 Å². The molecular formula is C12H18BNO2S. The Bertz CT molecular complexity index is 436. The molecule has 0 aliphatic rings. The van der Waals surface area contributed by atoms with Crippen LogP contribution in [0.5, 0.6) is 0 Å². The molecule has 5 heteroatoms. The number of sulfonamides is 1. The molecule has 0 aromatic heterocycles. The largest absolute Gasteiger partial charge is 0.243 e. The van der Waals surface area contributed by atoms with Crippen LogP contribution in [0.25, 0.3) is 0 Å². The van der Waals surface area contributed by atoms with Gasteiger partial charge in [-0.15, -0.1) is 0 Å². The van der Waals surface area contributed by atoms with E-state index in [1.807, 2.05) is 13.8 Å². The first-order valence-electron chi connectivity index (χ1n) is 5.88. The first-order valence-corrected chi connectivity index (χ1v) is 7.32. The zero-order valence-corrected chi connectivity index (χ0v) is 11.2. The highest BCUT2D eigenvalue weighted by atomic mass is 32.2. The van der Waals surface area contributed by atoms with Crippen LogP contribution in [-0.4, -0.2) is 33.7 Å². The van der Waals surface area contributed by atoms with Crippen molar-refractivity contribution >= 4 is 23.3 Å². The maximum atomic E-state index is 12.3. The average Bonchev–Trinajstić information content (AvgIpc) is 2.29. The molecule has 0 aliphatic carbocycles. The molecule has 17 heavy (non-hydrogen) atoms. The van der Waals surface area contributed by atoms with Crippen LogP contribution in [0.2, 0.25) is 0 Å². The lowest BCUT2D eigenvalue weighted by Gasteiger charge is -2.21. The van der Waals surface area contributed by atoms with Gasteiger partial charge in [0.2, 0.25) is 10.0 Å². The molecule has 1 aromatic rings. The first kappa shape index (κ1) is 14.3. The predicted octanol–water partition coefficient (Wildman–Crippen LogP) is 1.29. The van der Waals surface area contributed by atoms with Crippen molar-refractivity contribution in [3.63, 3.8) is 0 Å². The van der Waals surface area contributed by atoms with Crippen LogP contribution in [-0.2, 0) is 10.0 Å². The van der Waals surface area contributed by atoms with Gasteiger partial charge in [0.1, 0.15) is 7.85 Å². The van der Waals surface area contributed by atoms with E-state index in [1.165, 1.54) is 4.31 Å². The summed E-state index contributed by atoms with van der Waals surface area (Å²) in [4.78, 5) is 0.314. The van der Waals surface area contributed by atoms with Gasteiger partial charge in [0.15, 0.2) is 0 Å². The maximum absolute atomic E-state index is 12.3. The molecule has 0 amide bonds. The lowest BCUT2D eigenvalue weighted by atomic mass is 9.97. The van der Waals surface area contributed by atoms with E-state index in [0.29, 0.717) is 23.4 Å². The van der Waals surface area contributed by atoms with Crippen LogP contribution in [0, 0.1) is 0 Å². The topological polar surface area (TPSA) is 37.4 Å². The van der Waals surface area contributed by atoms with Gasteiger partial charge in [-0.2, -0.15) is 4.31 Å². The number of hydrogen-bond donors (Lipinski definition) is 0. The van der Waals surface area contributed by atoms with Crippen molar-refractivity contribution in [1.82, 2.24) is 4.31 Å². The molecule has 0 bridgehead atoms. The van der Waals surface area contributed by atoms with Crippen molar-refractivity contribution in [2.75, 3.05) is 13.1 Å². The third-order valence-electron chi connectivity index (χ3n) is 2.46. The summed E-state index contributed by atoms with van der Waals surface area (Å²) >= 11 is 0. The van der Waals surface area contributed by atoms with Gasteiger partial charge in [0.25, 0.3) is 0 Å². The Morgan fingerprint density at radius 1 is 1.06 bits per heavy atom. The fourth-order valence-corrected chi connectivity index (χ4v) is 3.26. The molecule has 0 heterocycles. The molecule has 92 valence electrons. The monoisotopic (exact) mass is 251 g/mol. The third kappa shape index (κ3) is 3.58. The molecule has 2 radical (unpaired) electrons. The fourth-order valence-electron chi connectivity index (χ4n) is 1.64. The minimum Gasteiger partial charge on any atom is -0.207 e. The van der Waals surface area contributed by atoms with Crippen LogP contribution in [0.15, 0.2) is 29.2 Å². The van der Waals surface area contributed by atoms with E-state index in [1.54, 1.807) is 24.3 Å². The zero-order chi connectivity index (χ0) is 12.9. The van der Waals surface area contributed by atoms with E-state index < -0.39 is 10.0 Å². The fraction of sp³-hybridized carbons (Fsp3) is 0.500. The SMILES string of the molecule is [B]c1ccc(S(=O)(=O)N(CCC)CCC)cc1. The molecule has 0 fully saturated rings. The van der Waals surface area contributed by atoms with Gasteiger partial charge < -0.3 is 0 Å². The second-order valence-corrected chi connectivity index (χ2v) is 5.91. The van der Waals surface area contributed by atoms with Gasteiger partial charge in [0.05, 0.1) is 4.90 Å². The molecule has 0 spiro atoms. The zero-order valence-electron chi connectivity index (χ0n) is 10.4. The van der Waals surface area contributed by atoms with E-state index in [0.717, 1.165) is 12.8 Å². The highest BCUT2D eigenvalue weighted by Crippen LogP contribution is 2.15. The number of hydrogen-bond acceptors (Lipinski definition) is 2. The first-order chi connectivity index (χ1) is 8.02. The van der Waals surface area contributed by atoms with E-state index in [4.69, 9.17) is 7.85 Å². The van der Waals surface area contributed by atoms with Gasteiger partial charge in [-0.05, 0) is 25.0 Å². The smallest absolute Gasteiger partial charge is 0.207 e. The van der Waals surface area contributed by atoms with Crippen LogP contribution < -0.4 is 5.46 Å². The van der Waals surface area contributed by atoms with E-state index >= 15 is 0 Å². The molecule has 0 saturated heterocycles. The quantitative estimate of drug-likeness (QED) is 0.714. The van der Waals surface area contributed by atoms with Gasteiger partial charge in [-0.1, -0.05) is 31.4 Å². The predicted molar refractivity (Wildman–Crippen MR) is 71.2 cm³/mol. The minimum atomic E-state index is -3.36. The van der Waals surface area contributed by atoms with Gasteiger partial charge in [-0.3, -0.25) is 0 Å². The van der Waals surface area contributed by atoms with Crippen molar-refractivity contribution in [3.8, 4) is 0 Å². The van der Waals surface area contributed by atoms with Crippen molar-refractivity contribution in [3.05, 3.63) is 24.3 Å². The number of rotatable bonds is 6. The molecule has 0 saturated carbocycles. The second-order valence-electron chi connectivity index (χ2n) is 3.97. The van der Waals surface area contributed by atoms with Gasteiger partial charge >= 0.3 is 0 Å². The Morgan fingerprint density at radius 3 is 1.94 bits per heavy atom. The van der Waals surface area contributed by atoms with Crippen LogP contribution in [0.1, 0.15) is 26.7 Å². The van der Waals surface area contributed by atoms with Gasteiger partial charge in [-0.25, -0.2) is 8.42 Å². The molecule has 0 N–H and O–H groups in total. The van der Waals surface area contributed by atoms with Crippen LogP contribution >= 0.6 is 0 Å². The molecular weight excluding hydrogens is 233 g/mol. The van der Waals surface area contributed by atoms with Crippen molar-refractivity contribution in [2.45, 2.75) is 31.6 Å². The molecule has 0 unspecified atom stereocenters.